The van der Waals surface area contributed by atoms with Crippen LogP contribution in [0.2, 0.25) is 0 Å². The normalized spacial score (nSPS) is 11.1. The number of carbonyl (C=O) groups excluding carboxylic acids is 1. The Bertz CT molecular complexity index is 169. The summed E-state index contributed by atoms with van der Waals surface area (Å²) in [4.78, 5) is 13.6. The minimum Gasteiger partial charge on any atom is -0.339 e. The van der Waals surface area contributed by atoms with Gasteiger partial charge in [-0.3, -0.25) is 4.79 Å². The van der Waals surface area contributed by atoms with Crippen molar-refractivity contribution in [1.29, 1.82) is 0 Å². The summed E-state index contributed by atoms with van der Waals surface area (Å²) in [5.41, 5.74) is 0. The quantitative estimate of drug-likeness (QED) is 0.630. The van der Waals surface area contributed by atoms with Crippen LogP contribution >= 0.6 is 11.6 Å². The number of rotatable bonds is 6. The summed E-state index contributed by atoms with van der Waals surface area (Å²) in [6.45, 7) is 8.99. The molecule has 0 aliphatic carbocycles. The fourth-order valence-electron chi connectivity index (χ4n) is 1.32. The summed E-state index contributed by atoms with van der Waals surface area (Å²) in [5.74, 6) is 1.34. The van der Waals surface area contributed by atoms with Gasteiger partial charge in [-0.25, -0.2) is 0 Å². The van der Waals surface area contributed by atoms with E-state index >= 15 is 0 Å². The van der Waals surface area contributed by atoms with Crippen molar-refractivity contribution in [2.45, 2.75) is 46.6 Å². The zero-order valence-corrected chi connectivity index (χ0v) is 10.5. The third-order valence-corrected chi connectivity index (χ3v) is 2.37. The Balaban J connectivity index is 4.02. The Morgan fingerprint density at radius 1 is 1.29 bits per heavy atom. The standard InChI is InChI=1S/C11H22ClNO/c1-9(2)5-6-11(14)13(8-7-12)10(3)4/h9-10H,5-8H2,1-4H3. The smallest absolute Gasteiger partial charge is 0.222 e. The molecule has 0 spiro atoms. The van der Waals surface area contributed by atoms with Crippen molar-refractivity contribution in [3.8, 4) is 0 Å². The average molecular weight is 220 g/mol. The molecule has 0 aliphatic heterocycles. The molecule has 0 aromatic rings. The van der Waals surface area contributed by atoms with Crippen LogP contribution in [0.25, 0.3) is 0 Å². The maximum absolute atomic E-state index is 11.7. The van der Waals surface area contributed by atoms with Crippen molar-refractivity contribution in [2.24, 2.45) is 5.92 Å². The molecule has 0 bridgehead atoms. The van der Waals surface area contributed by atoms with Crippen LogP contribution in [0.5, 0.6) is 0 Å². The minimum absolute atomic E-state index is 0.231. The third kappa shape index (κ3) is 5.48. The van der Waals surface area contributed by atoms with E-state index in [1.807, 2.05) is 18.7 Å². The maximum atomic E-state index is 11.7. The van der Waals surface area contributed by atoms with Crippen molar-refractivity contribution in [1.82, 2.24) is 4.90 Å². The van der Waals surface area contributed by atoms with Gasteiger partial charge in [0.25, 0.3) is 0 Å². The molecule has 0 atom stereocenters. The molecule has 0 aromatic heterocycles. The molecule has 14 heavy (non-hydrogen) atoms. The Kier molecular flexibility index (Phi) is 6.98. The van der Waals surface area contributed by atoms with Crippen LogP contribution in [0.4, 0.5) is 0 Å². The molecule has 2 nitrogen and oxygen atoms in total. The van der Waals surface area contributed by atoms with E-state index in [4.69, 9.17) is 11.6 Å². The lowest BCUT2D eigenvalue weighted by Crippen LogP contribution is -2.38. The lowest BCUT2D eigenvalue weighted by atomic mass is 10.1. The molecule has 0 saturated carbocycles. The van der Waals surface area contributed by atoms with E-state index in [0.717, 1.165) is 6.42 Å². The number of hydrogen-bond donors (Lipinski definition) is 0. The van der Waals surface area contributed by atoms with Gasteiger partial charge in [0.1, 0.15) is 0 Å². The number of hydrogen-bond acceptors (Lipinski definition) is 1. The van der Waals surface area contributed by atoms with Crippen LogP contribution in [-0.2, 0) is 4.79 Å². The third-order valence-electron chi connectivity index (χ3n) is 2.20. The second-order valence-corrected chi connectivity index (χ2v) is 4.68. The van der Waals surface area contributed by atoms with Crippen LogP contribution in [-0.4, -0.2) is 29.3 Å². The van der Waals surface area contributed by atoms with Gasteiger partial charge in [-0.15, -0.1) is 11.6 Å². The topological polar surface area (TPSA) is 20.3 Å². The van der Waals surface area contributed by atoms with Crippen molar-refractivity contribution in [3.63, 3.8) is 0 Å². The first-order valence-corrected chi connectivity index (χ1v) is 5.88. The van der Waals surface area contributed by atoms with Gasteiger partial charge in [-0.05, 0) is 26.2 Å². The summed E-state index contributed by atoms with van der Waals surface area (Å²) >= 11 is 5.65. The Morgan fingerprint density at radius 3 is 2.21 bits per heavy atom. The number of carbonyl (C=O) groups is 1. The highest BCUT2D eigenvalue weighted by atomic mass is 35.5. The first-order valence-electron chi connectivity index (χ1n) is 5.34. The van der Waals surface area contributed by atoms with Gasteiger partial charge in [0.05, 0.1) is 0 Å². The molecular formula is C11H22ClNO. The Labute approximate surface area is 92.6 Å². The first-order chi connectivity index (χ1) is 6.49. The highest BCUT2D eigenvalue weighted by molar-refractivity contribution is 6.18. The molecule has 0 saturated heterocycles. The highest BCUT2D eigenvalue weighted by Crippen LogP contribution is 2.08. The lowest BCUT2D eigenvalue weighted by molar-refractivity contribution is -0.132. The van der Waals surface area contributed by atoms with Crippen LogP contribution in [0.15, 0.2) is 0 Å². The first kappa shape index (κ1) is 13.8. The molecule has 0 aromatic carbocycles. The average Bonchev–Trinajstić information content (AvgIpc) is 2.09. The van der Waals surface area contributed by atoms with E-state index in [1.165, 1.54) is 0 Å². The summed E-state index contributed by atoms with van der Waals surface area (Å²) in [6.07, 6.45) is 1.61. The SMILES string of the molecule is CC(C)CCC(=O)N(CCCl)C(C)C. The largest absolute Gasteiger partial charge is 0.339 e. The molecule has 0 heterocycles. The van der Waals surface area contributed by atoms with Gasteiger partial charge in [-0.1, -0.05) is 13.8 Å². The number of nitrogens with zero attached hydrogens (tertiary/aromatic N) is 1. The van der Waals surface area contributed by atoms with E-state index < -0.39 is 0 Å². The van der Waals surface area contributed by atoms with Gasteiger partial charge < -0.3 is 4.90 Å². The molecule has 84 valence electrons. The number of amides is 1. The molecule has 1 amide bonds. The van der Waals surface area contributed by atoms with Crippen molar-refractivity contribution in [2.75, 3.05) is 12.4 Å². The molecule has 0 radical (unpaired) electrons. The zero-order valence-electron chi connectivity index (χ0n) is 9.72. The van der Waals surface area contributed by atoms with Gasteiger partial charge >= 0.3 is 0 Å². The van der Waals surface area contributed by atoms with Crippen LogP contribution in [0.3, 0.4) is 0 Å². The van der Waals surface area contributed by atoms with Crippen LogP contribution < -0.4 is 0 Å². The molecule has 0 N–H and O–H groups in total. The summed E-state index contributed by atoms with van der Waals surface area (Å²) in [6, 6.07) is 0.258. The van der Waals surface area contributed by atoms with E-state index in [-0.39, 0.29) is 11.9 Å². The fraction of sp³-hybridized carbons (Fsp3) is 0.909. The predicted octanol–water partition coefficient (Wildman–Crippen LogP) is 2.90. The van der Waals surface area contributed by atoms with E-state index in [2.05, 4.69) is 13.8 Å². The summed E-state index contributed by atoms with van der Waals surface area (Å²) in [5, 5.41) is 0. The van der Waals surface area contributed by atoms with Gasteiger partial charge in [0.2, 0.25) is 5.91 Å². The lowest BCUT2D eigenvalue weighted by Gasteiger charge is -2.26. The fourth-order valence-corrected chi connectivity index (χ4v) is 1.50. The van der Waals surface area contributed by atoms with Gasteiger partial charge in [0.15, 0.2) is 0 Å². The zero-order chi connectivity index (χ0) is 11.1. The van der Waals surface area contributed by atoms with Crippen LogP contribution in [0, 0.1) is 5.92 Å². The van der Waals surface area contributed by atoms with Crippen molar-refractivity contribution in [3.05, 3.63) is 0 Å². The molecule has 0 unspecified atom stereocenters. The number of alkyl halides is 1. The number of halogens is 1. The Hall–Kier alpha value is -0.240. The molecule has 0 aliphatic rings. The van der Waals surface area contributed by atoms with Gasteiger partial charge in [0, 0.05) is 24.9 Å². The van der Waals surface area contributed by atoms with E-state index in [1.54, 1.807) is 0 Å². The summed E-state index contributed by atoms with van der Waals surface area (Å²) in [7, 11) is 0. The maximum Gasteiger partial charge on any atom is 0.222 e. The van der Waals surface area contributed by atoms with E-state index in [9.17, 15) is 4.79 Å². The molecule has 0 rings (SSSR count). The van der Waals surface area contributed by atoms with Crippen LogP contribution in [0.1, 0.15) is 40.5 Å². The molecule has 3 heteroatoms. The second-order valence-electron chi connectivity index (χ2n) is 4.30. The minimum atomic E-state index is 0.231. The highest BCUT2D eigenvalue weighted by Gasteiger charge is 2.15. The van der Waals surface area contributed by atoms with E-state index in [0.29, 0.717) is 24.8 Å². The monoisotopic (exact) mass is 219 g/mol. The Morgan fingerprint density at radius 2 is 1.86 bits per heavy atom. The second kappa shape index (κ2) is 7.10. The van der Waals surface area contributed by atoms with Crippen molar-refractivity contribution < 1.29 is 4.79 Å². The predicted molar refractivity (Wildman–Crippen MR) is 61.6 cm³/mol. The van der Waals surface area contributed by atoms with Gasteiger partial charge in [-0.2, -0.15) is 0 Å². The molecular weight excluding hydrogens is 198 g/mol. The van der Waals surface area contributed by atoms with Crippen molar-refractivity contribution >= 4 is 17.5 Å². The summed E-state index contributed by atoms with van der Waals surface area (Å²) < 4.78 is 0. The molecule has 0 fully saturated rings.